The van der Waals surface area contributed by atoms with Crippen LogP contribution in [0.3, 0.4) is 0 Å². The lowest BCUT2D eigenvalue weighted by Gasteiger charge is -2.27. The van der Waals surface area contributed by atoms with Gasteiger partial charge in [-0.05, 0) is 0 Å². The number of nitrogens with zero attached hydrogens (tertiary/aromatic N) is 1. The zero-order valence-electron chi connectivity index (χ0n) is 11.3. The number of esters is 1. The summed E-state index contributed by atoms with van der Waals surface area (Å²) < 4.78 is 59.5. The lowest BCUT2D eigenvalue weighted by Crippen LogP contribution is -2.43. The maximum atomic E-state index is 13.9. The smallest absolute Gasteiger partial charge is 0.344 e. The molecule has 0 spiro atoms. The Balaban J connectivity index is 2.40. The standard InChI is InChI=1S/C13H14F4N2O2/c1-21-13(20)8-11(16)9(14)7(10(15)12(8)17)6-19-4-2-18-3-5-19/h18H,2-6H2,1H3. The van der Waals surface area contributed by atoms with Crippen molar-refractivity contribution < 1.29 is 27.1 Å². The molecule has 1 heterocycles. The molecule has 0 bridgehead atoms. The molecule has 116 valence electrons. The summed E-state index contributed by atoms with van der Waals surface area (Å²) in [4.78, 5) is 12.9. The molecule has 0 saturated carbocycles. The molecule has 1 aromatic carbocycles. The fourth-order valence-corrected chi connectivity index (χ4v) is 2.19. The van der Waals surface area contributed by atoms with E-state index in [9.17, 15) is 22.4 Å². The molecule has 21 heavy (non-hydrogen) atoms. The van der Waals surface area contributed by atoms with Crippen molar-refractivity contribution in [2.24, 2.45) is 0 Å². The predicted molar refractivity (Wildman–Crippen MR) is 65.8 cm³/mol. The zero-order valence-corrected chi connectivity index (χ0v) is 11.3. The van der Waals surface area contributed by atoms with Crippen LogP contribution in [-0.4, -0.2) is 44.2 Å². The third-order valence-electron chi connectivity index (χ3n) is 3.34. The average Bonchev–Trinajstić information content (AvgIpc) is 2.50. The van der Waals surface area contributed by atoms with E-state index >= 15 is 0 Å². The first-order chi connectivity index (χ1) is 9.97. The van der Waals surface area contributed by atoms with E-state index in [0.717, 1.165) is 7.11 Å². The van der Waals surface area contributed by atoms with E-state index in [1.165, 1.54) is 0 Å². The quantitative estimate of drug-likeness (QED) is 0.521. The molecule has 1 N–H and O–H groups in total. The first-order valence-electron chi connectivity index (χ1n) is 6.33. The molecule has 0 aliphatic carbocycles. The average molecular weight is 306 g/mol. The lowest BCUT2D eigenvalue weighted by atomic mass is 10.1. The molecule has 8 heteroatoms. The third kappa shape index (κ3) is 3.01. The van der Waals surface area contributed by atoms with Crippen LogP contribution >= 0.6 is 0 Å². The highest BCUT2D eigenvalue weighted by molar-refractivity contribution is 5.90. The minimum absolute atomic E-state index is 0.269. The molecular weight excluding hydrogens is 292 g/mol. The number of halogens is 4. The summed E-state index contributed by atoms with van der Waals surface area (Å²) in [6.45, 7) is 1.97. The lowest BCUT2D eigenvalue weighted by molar-refractivity contribution is 0.0586. The van der Waals surface area contributed by atoms with Crippen LogP contribution in [0.2, 0.25) is 0 Å². The number of rotatable bonds is 3. The van der Waals surface area contributed by atoms with Gasteiger partial charge >= 0.3 is 5.97 Å². The number of hydrogen-bond acceptors (Lipinski definition) is 4. The minimum atomic E-state index is -1.73. The monoisotopic (exact) mass is 306 g/mol. The number of benzene rings is 1. The summed E-state index contributed by atoms with van der Waals surface area (Å²) >= 11 is 0. The fourth-order valence-electron chi connectivity index (χ4n) is 2.19. The number of methoxy groups -OCH3 is 1. The maximum absolute atomic E-state index is 13.9. The van der Waals surface area contributed by atoms with E-state index in [1.54, 1.807) is 4.90 Å². The summed E-state index contributed by atoms with van der Waals surface area (Å²) in [6, 6.07) is 0. The highest BCUT2D eigenvalue weighted by atomic mass is 19.2. The van der Waals surface area contributed by atoms with Crippen molar-refractivity contribution in [2.75, 3.05) is 33.3 Å². The zero-order chi connectivity index (χ0) is 15.6. The Morgan fingerprint density at radius 1 is 1.10 bits per heavy atom. The summed E-state index contributed by atoms with van der Waals surface area (Å²) in [6.07, 6.45) is 0. The highest BCUT2D eigenvalue weighted by Gasteiger charge is 2.30. The summed E-state index contributed by atoms with van der Waals surface area (Å²) in [7, 11) is 0.867. The number of ether oxygens (including phenoxy) is 1. The Kier molecular flexibility index (Phi) is 4.79. The number of carbonyl (C=O) groups excluding carboxylic acids is 1. The minimum Gasteiger partial charge on any atom is -0.465 e. The van der Waals surface area contributed by atoms with Crippen LogP contribution in [0, 0.1) is 23.3 Å². The topological polar surface area (TPSA) is 41.6 Å². The molecule has 0 radical (unpaired) electrons. The summed E-state index contributed by atoms with van der Waals surface area (Å²) in [5.74, 6) is -8.05. The van der Waals surface area contributed by atoms with Crippen LogP contribution in [-0.2, 0) is 11.3 Å². The van der Waals surface area contributed by atoms with Crippen LogP contribution in [0.1, 0.15) is 15.9 Å². The second kappa shape index (κ2) is 6.40. The molecule has 4 nitrogen and oxygen atoms in total. The molecule has 1 fully saturated rings. The van der Waals surface area contributed by atoms with Gasteiger partial charge in [-0.2, -0.15) is 0 Å². The maximum Gasteiger partial charge on any atom is 0.344 e. The molecule has 0 unspecified atom stereocenters. The number of carbonyl (C=O) groups is 1. The Morgan fingerprint density at radius 2 is 1.62 bits per heavy atom. The SMILES string of the molecule is COC(=O)c1c(F)c(F)c(CN2CCNCC2)c(F)c1F. The van der Waals surface area contributed by atoms with Gasteiger partial charge in [0.15, 0.2) is 23.3 Å². The Morgan fingerprint density at radius 3 is 2.10 bits per heavy atom. The highest BCUT2D eigenvalue weighted by Crippen LogP contribution is 2.26. The Hall–Kier alpha value is -1.67. The van der Waals surface area contributed by atoms with Crippen LogP contribution in [0.4, 0.5) is 17.6 Å². The van der Waals surface area contributed by atoms with Gasteiger partial charge in [0.25, 0.3) is 0 Å². The second-order valence-electron chi connectivity index (χ2n) is 4.63. The van der Waals surface area contributed by atoms with Crippen LogP contribution in [0.25, 0.3) is 0 Å². The first kappa shape index (κ1) is 15.7. The number of piperazine rings is 1. The van der Waals surface area contributed by atoms with Gasteiger partial charge in [-0.3, -0.25) is 4.90 Å². The molecule has 1 aliphatic heterocycles. The normalized spacial score (nSPS) is 16.0. The van der Waals surface area contributed by atoms with Crippen LogP contribution < -0.4 is 5.32 Å². The van der Waals surface area contributed by atoms with Crippen LogP contribution in [0.15, 0.2) is 0 Å². The first-order valence-corrected chi connectivity index (χ1v) is 6.33. The van der Waals surface area contributed by atoms with Crippen molar-refractivity contribution >= 4 is 5.97 Å². The van der Waals surface area contributed by atoms with Crippen molar-refractivity contribution in [3.05, 3.63) is 34.4 Å². The molecule has 1 saturated heterocycles. The summed E-state index contributed by atoms with van der Waals surface area (Å²) in [5.41, 5.74) is -2.07. The fraction of sp³-hybridized carbons (Fsp3) is 0.462. The molecule has 1 aliphatic rings. The van der Waals surface area contributed by atoms with Gasteiger partial charge in [0.1, 0.15) is 5.56 Å². The van der Waals surface area contributed by atoms with Gasteiger partial charge in [0.05, 0.1) is 7.11 Å². The predicted octanol–water partition coefficient (Wildman–Crippen LogP) is 1.43. The summed E-state index contributed by atoms with van der Waals surface area (Å²) in [5, 5.41) is 3.05. The van der Waals surface area contributed by atoms with E-state index in [-0.39, 0.29) is 6.54 Å². The van der Waals surface area contributed by atoms with Crippen molar-refractivity contribution in [2.45, 2.75) is 6.54 Å². The van der Waals surface area contributed by atoms with Gasteiger partial charge < -0.3 is 10.1 Å². The van der Waals surface area contributed by atoms with E-state index in [4.69, 9.17) is 0 Å². The molecule has 2 rings (SSSR count). The van der Waals surface area contributed by atoms with Gasteiger partial charge in [0, 0.05) is 38.3 Å². The van der Waals surface area contributed by atoms with Crippen molar-refractivity contribution in [3.8, 4) is 0 Å². The number of nitrogens with one attached hydrogen (secondary N) is 1. The molecule has 1 aromatic rings. The third-order valence-corrected chi connectivity index (χ3v) is 3.34. The van der Waals surface area contributed by atoms with Crippen molar-refractivity contribution in [1.82, 2.24) is 10.2 Å². The number of hydrogen-bond donors (Lipinski definition) is 1. The molecule has 0 aromatic heterocycles. The van der Waals surface area contributed by atoms with Gasteiger partial charge in [-0.25, -0.2) is 22.4 Å². The molecule has 0 atom stereocenters. The van der Waals surface area contributed by atoms with E-state index in [0.29, 0.717) is 26.2 Å². The van der Waals surface area contributed by atoms with Crippen molar-refractivity contribution in [3.63, 3.8) is 0 Å². The molecular formula is C13H14F4N2O2. The van der Waals surface area contributed by atoms with E-state index < -0.39 is 40.4 Å². The largest absolute Gasteiger partial charge is 0.465 e. The van der Waals surface area contributed by atoms with Gasteiger partial charge in [-0.15, -0.1) is 0 Å². The van der Waals surface area contributed by atoms with Gasteiger partial charge in [-0.1, -0.05) is 0 Å². The molecule has 0 amide bonds. The van der Waals surface area contributed by atoms with Gasteiger partial charge in [0.2, 0.25) is 0 Å². The Bertz CT molecular complexity index is 531. The Labute approximate surface area is 118 Å². The van der Waals surface area contributed by atoms with Crippen LogP contribution in [0.5, 0.6) is 0 Å². The second-order valence-corrected chi connectivity index (χ2v) is 4.63. The van der Waals surface area contributed by atoms with E-state index in [1.807, 2.05) is 0 Å². The van der Waals surface area contributed by atoms with E-state index in [2.05, 4.69) is 10.1 Å². The van der Waals surface area contributed by atoms with Crippen molar-refractivity contribution in [1.29, 1.82) is 0 Å².